The van der Waals surface area contributed by atoms with Crippen LogP contribution in [0.5, 0.6) is 0 Å². The first-order valence-corrected chi connectivity index (χ1v) is 3.43. The zero-order valence-corrected chi connectivity index (χ0v) is 6.45. The molecule has 0 saturated heterocycles. The van der Waals surface area contributed by atoms with Gasteiger partial charge in [-0.25, -0.2) is 0 Å². The van der Waals surface area contributed by atoms with E-state index >= 15 is 0 Å². The van der Waals surface area contributed by atoms with E-state index in [1.54, 1.807) is 0 Å². The molecule has 0 aliphatic rings. The third-order valence-electron chi connectivity index (χ3n) is 0.283. The van der Waals surface area contributed by atoms with Gasteiger partial charge in [0, 0.05) is 0 Å². The van der Waals surface area contributed by atoms with Gasteiger partial charge in [-0.1, -0.05) is 0 Å². The molecule has 13 heavy (non-hydrogen) atoms. The Bertz CT molecular complexity index is 118. The van der Waals surface area contributed by atoms with Crippen LogP contribution in [0.3, 0.4) is 0 Å². The predicted molar refractivity (Wildman–Crippen MR) is 28.8 cm³/mol. The van der Waals surface area contributed by atoms with Crippen LogP contribution < -0.4 is 5.32 Å². The first-order chi connectivity index (χ1) is 5.44. The Morgan fingerprint density at radius 1 is 0.769 bits per heavy atom. The van der Waals surface area contributed by atoms with Crippen LogP contribution in [0, 0.1) is 0 Å². The Morgan fingerprint density at radius 2 is 0.923 bits per heavy atom. The summed E-state index contributed by atoms with van der Waals surface area (Å²) in [5.74, 6) is 0. The van der Waals surface area contributed by atoms with Crippen molar-refractivity contribution < 1.29 is 41.0 Å². The second-order valence-electron chi connectivity index (χ2n) is 1.39. The lowest BCUT2D eigenvalue weighted by Gasteiger charge is -2.10. The third kappa shape index (κ3) is 33.6. The zero-order valence-electron chi connectivity index (χ0n) is 5.56. The second-order valence-corrected chi connectivity index (χ2v) is 1.93. The van der Waals surface area contributed by atoms with Crippen molar-refractivity contribution in [1.29, 1.82) is 0 Å². The molecular weight excluding hydrogens is 231 g/mol. The van der Waals surface area contributed by atoms with Crippen molar-refractivity contribution in [3.8, 4) is 0 Å². The van der Waals surface area contributed by atoms with Gasteiger partial charge in [0.1, 0.15) is 0 Å². The molecule has 0 bridgehead atoms. The SMILES string of the molecule is FC(F)(F)NC(F)(F)F.OP(O)O. The minimum atomic E-state index is -5.39. The molecule has 0 spiro atoms. The van der Waals surface area contributed by atoms with Gasteiger partial charge in [-0.15, -0.1) is 5.32 Å². The summed E-state index contributed by atoms with van der Waals surface area (Å²) in [6.45, 7) is 0. The fraction of sp³-hybridized carbons (Fsp3) is 1.00. The van der Waals surface area contributed by atoms with Crippen molar-refractivity contribution >= 4 is 8.60 Å². The molecule has 82 valence electrons. The van der Waals surface area contributed by atoms with Crippen molar-refractivity contribution in [3.05, 3.63) is 0 Å². The molecule has 0 amide bonds. The van der Waals surface area contributed by atoms with Crippen LogP contribution in [0.15, 0.2) is 0 Å². The maximum Gasteiger partial charge on any atom is 0.464 e. The summed E-state index contributed by atoms with van der Waals surface area (Å²) in [5.41, 5.74) is 0. The van der Waals surface area contributed by atoms with Crippen molar-refractivity contribution in [2.45, 2.75) is 12.6 Å². The quantitative estimate of drug-likeness (QED) is 0.285. The average Bonchev–Trinajstić information content (AvgIpc) is 1.47. The molecule has 0 aromatic heterocycles. The number of hydrogen-bond acceptors (Lipinski definition) is 4. The summed E-state index contributed by atoms with van der Waals surface area (Å²) in [6, 6.07) is 0. The van der Waals surface area contributed by atoms with E-state index in [9.17, 15) is 26.3 Å². The molecule has 0 aromatic carbocycles. The van der Waals surface area contributed by atoms with Gasteiger partial charge in [-0.3, -0.25) is 0 Å². The lowest BCUT2D eigenvalue weighted by atomic mass is 11.0. The molecule has 0 heterocycles. The van der Waals surface area contributed by atoms with Gasteiger partial charge >= 0.3 is 21.2 Å². The van der Waals surface area contributed by atoms with Gasteiger partial charge in [0.05, 0.1) is 0 Å². The third-order valence-corrected chi connectivity index (χ3v) is 0.283. The van der Waals surface area contributed by atoms with E-state index in [0.29, 0.717) is 0 Å². The van der Waals surface area contributed by atoms with E-state index in [1.165, 1.54) is 0 Å². The molecule has 0 radical (unpaired) electrons. The van der Waals surface area contributed by atoms with Crippen LogP contribution in [0.4, 0.5) is 26.3 Å². The molecule has 0 aromatic rings. The number of rotatable bonds is 0. The van der Waals surface area contributed by atoms with Gasteiger partial charge in [0.15, 0.2) is 0 Å². The van der Waals surface area contributed by atoms with E-state index in [2.05, 4.69) is 0 Å². The summed E-state index contributed by atoms with van der Waals surface area (Å²) in [5, 5.41) is -0.542. The number of nitrogens with one attached hydrogen (secondary N) is 1. The van der Waals surface area contributed by atoms with Gasteiger partial charge in [0.2, 0.25) is 0 Å². The molecule has 0 fully saturated rings. The average molecular weight is 235 g/mol. The van der Waals surface area contributed by atoms with Crippen molar-refractivity contribution in [2.75, 3.05) is 0 Å². The summed E-state index contributed by atoms with van der Waals surface area (Å²) in [4.78, 5) is 21.7. The van der Waals surface area contributed by atoms with Crippen molar-refractivity contribution in [3.63, 3.8) is 0 Å². The van der Waals surface area contributed by atoms with Crippen LogP contribution in [-0.4, -0.2) is 27.3 Å². The first-order valence-electron chi connectivity index (χ1n) is 2.23. The Kier molecular flexibility index (Phi) is 6.55. The highest BCUT2D eigenvalue weighted by molar-refractivity contribution is 7.38. The van der Waals surface area contributed by atoms with E-state index in [4.69, 9.17) is 14.7 Å². The van der Waals surface area contributed by atoms with E-state index in [-0.39, 0.29) is 0 Å². The number of alkyl halides is 6. The molecule has 4 nitrogen and oxygen atoms in total. The molecule has 0 aliphatic heterocycles. The molecule has 0 rings (SSSR count). The minimum Gasteiger partial charge on any atom is -0.328 e. The van der Waals surface area contributed by atoms with Crippen LogP contribution in [0.25, 0.3) is 0 Å². The fourth-order valence-corrected chi connectivity index (χ4v) is 0.161. The van der Waals surface area contributed by atoms with Crippen LogP contribution in [0.1, 0.15) is 0 Å². The standard InChI is InChI=1S/C2HF6N.H3O3P/c3-1(4,5)9-2(6,7)8;1-4(2)3/h9H;1-3H. The zero-order chi connectivity index (χ0) is 11.3. The molecular formula is C2H4F6NO3P. The van der Waals surface area contributed by atoms with Crippen molar-refractivity contribution in [1.82, 2.24) is 5.32 Å². The Labute approximate surface area is 68.8 Å². The summed E-state index contributed by atoms with van der Waals surface area (Å²) in [7, 11) is -2.62. The lowest BCUT2D eigenvalue weighted by molar-refractivity contribution is -0.265. The van der Waals surface area contributed by atoms with E-state index in [0.717, 1.165) is 0 Å². The summed E-state index contributed by atoms with van der Waals surface area (Å²) in [6.07, 6.45) is -10.8. The largest absolute Gasteiger partial charge is 0.464 e. The maximum absolute atomic E-state index is 10.7. The Balaban J connectivity index is 0. The van der Waals surface area contributed by atoms with Crippen LogP contribution >= 0.6 is 8.60 Å². The van der Waals surface area contributed by atoms with Crippen LogP contribution in [0.2, 0.25) is 0 Å². The van der Waals surface area contributed by atoms with Gasteiger partial charge < -0.3 is 14.7 Å². The maximum atomic E-state index is 10.7. The lowest BCUT2D eigenvalue weighted by Crippen LogP contribution is -2.42. The highest BCUT2D eigenvalue weighted by atomic mass is 31.2. The Hall–Kier alpha value is -0.150. The monoisotopic (exact) mass is 235 g/mol. The summed E-state index contributed by atoms with van der Waals surface area (Å²) >= 11 is 0. The van der Waals surface area contributed by atoms with Gasteiger partial charge in [-0.2, -0.15) is 26.3 Å². The fourth-order valence-electron chi connectivity index (χ4n) is 0.161. The second kappa shape index (κ2) is 5.55. The highest BCUT2D eigenvalue weighted by Gasteiger charge is 2.42. The smallest absolute Gasteiger partial charge is 0.328 e. The molecule has 0 saturated carbocycles. The minimum absolute atomic E-state index is 0.542. The van der Waals surface area contributed by atoms with Gasteiger partial charge in [-0.05, 0) is 0 Å². The van der Waals surface area contributed by atoms with Crippen molar-refractivity contribution in [2.24, 2.45) is 0 Å². The predicted octanol–water partition coefficient (Wildman–Crippen LogP) is 0.806. The van der Waals surface area contributed by atoms with Crippen LogP contribution in [-0.2, 0) is 0 Å². The molecule has 4 N–H and O–H groups in total. The topological polar surface area (TPSA) is 72.7 Å². The summed E-state index contributed by atoms with van der Waals surface area (Å²) < 4.78 is 64.3. The number of hydrogen-bond donors (Lipinski definition) is 4. The van der Waals surface area contributed by atoms with E-state index < -0.39 is 26.5 Å². The molecule has 11 heteroatoms. The molecule has 0 atom stereocenters. The molecule has 0 aliphatic carbocycles. The van der Waals surface area contributed by atoms with Gasteiger partial charge in [0.25, 0.3) is 0 Å². The Morgan fingerprint density at radius 3 is 0.923 bits per heavy atom. The number of halogens is 6. The first kappa shape index (κ1) is 15.3. The highest BCUT2D eigenvalue weighted by Crippen LogP contribution is 2.19. The van der Waals surface area contributed by atoms with E-state index in [1.807, 2.05) is 0 Å². The molecule has 0 unspecified atom stereocenters. The normalized spacial score (nSPS) is 12.5.